The van der Waals surface area contributed by atoms with Crippen LogP contribution in [0, 0.1) is 0 Å². The molecule has 0 bridgehead atoms. The molecule has 0 radical (unpaired) electrons. The lowest BCUT2D eigenvalue weighted by Crippen LogP contribution is -2.38. The van der Waals surface area contributed by atoms with Gasteiger partial charge in [-0.15, -0.1) is 0 Å². The molecule has 74 valence electrons. The highest BCUT2D eigenvalue weighted by Crippen LogP contribution is 2.12. The van der Waals surface area contributed by atoms with Crippen LogP contribution in [-0.4, -0.2) is 37.7 Å². The fourth-order valence-electron chi connectivity index (χ4n) is 1.04. The van der Waals surface area contributed by atoms with Crippen molar-refractivity contribution in [1.82, 2.24) is 4.84 Å². The SMILES string of the molecule is CC(C)(CCC[N+](C)(C)C)NCl. The lowest BCUT2D eigenvalue weighted by molar-refractivity contribution is -0.870. The molecule has 0 saturated carbocycles. The van der Waals surface area contributed by atoms with Crippen LogP contribution in [0.2, 0.25) is 0 Å². The minimum atomic E-state index is 0.0662. The summed E-state index contributed by atoms with van der Waals surface area (Å²) in [4.78, 5) is 2.79. The van der Waals surface area contributed by atoms with Gasteiger partial charge in [-0.3, -0.25) is 0 Å². The Hall–Kier alpha value is 0.210. The van der Waals surface area contributed by atoms with E-state index in [0.29, 0.717) is 0 Å². The lowest BCUT2D eigenvalue weighted by Gasteiger charge is -2.27. The molecule has 1 N–H and O–H groups in total. The molecule has 0 aromatic carbocycles. The molecule has 3 heteroatoms. The van der Waals surface area contributed by atoms with E-state index < -0.39 is 0 Å². The zero-order valence-electron chi connectivity index (χ0n) is 8.95. The Kier molecular flexibility index (Phi) is 4.53. The number of halogens is 1. The minimum Gasteiger partial charge on any atom is -0.331 e. The second-order valence-electron chi connectivity index (χ2n) is 5.10. The van der Waals surface area contributed by atoms with Crippen molar-refractivity contribution in [2.24, 2.45) is 0 Å². The first-order chi connectivity index (χ1) is 5.27. The standard InChI is InChI=1S/C9H22ClN2/c1-9(2,11-10)7-6-8-12(3,4)5/h11H,6-8H2,1-5H3/q+1. The average molecular weight is 194 g/mol. The van der Waals surface area contributed by atoms with Gasteiger partial charge in [-0.1, -0.05) is 0 Å². The van der Waals surface area contributed by atoms with E-state index in [0.717, 1.165) is 10.9 Å². The fourth-order valence-corrected chi connectivity index (χ4v) is 1.14. The maximum absolute atomic E-state index is 5.59. The number of nitrogens with zero attached hydrogens (tertiary/aromatic N) is 1. The van der Waals surface area contributed by atoms with Crippen LogP contribution in [0.3, 0.4) is 0 Å². The normalized spacial score (nSPS) is 13.5. The maximum atomic E-state index is 5.59. The third kappa shape index (κ3) is 6.89. The van der Waals surface area contributed by atoms with Gasteiger partial charge in [0.25, 0.3) is 0 Å². The highest BCUT2D eigenvalue weighted by Gasteiger charge is 2.17. The van der Waals surface area contributed by atoms with Crippen molar-refractivity contribution in [1.29, 1.82) is 0 Å². The van der Waals surface area contributed by atoms with Gasteiger partial charge in [0.1, 0.15) is 0 Å². The summed E-state index contributed by atoms with van der Waals surface area (Å²) in [6, 6.07) is 0. The highest BCUT2D eigenvalue weighted by molar-refractivity contribution is 6.13. The monoisotopic (exact) mass is 193 g/mol. The number of nitrogens with one attached hydrogen (secondary N) is 1. The minimum absolute atomic E-state index is 0.0662. The van der Waals surface area contributed by atoms with Crippen molar-refractivity contribution in [3.8, 4) is 0 Å². The van der Waals surface area contributed by atoms with E-state index in [9.17, 15) is 0 Å². The molecule has 0 aromatic heterocycles. The van der Waals surface area contributed by atoms with Crippen molar-refractivity contribution >= 4 is 11.8 Å². The topological polar surface area (TPSA) is 12.0 Å². The third-order valence-corrected chi connectivity index (χ3v) is 2.40. The molecule has 0 fully saturated rings. The summed E-state index contributed by atoms with van der Waals surface area (Å²) in [6.07, 6.45) is 2.32. The first-order valence-corrected chi connectivity index (χ1v) is 4.83. The number of rotatable bonds is 5. The predicted molar refractivity (Wildman–Crippen MR) is 55.2 cm³/mol. The summed E-state index contributed by atoms with van der Waals surface area (Å²) < 4.78 is 1.03. The molecule has 0 aliphatic heterocycles. The summed E-state index contributed by atoms with van der Waals surface area (Å²) >= 11 is 5.59. The molecule has 12 heavy (non-hydrogen) atoms. The molecule has 0 amide bonds. The van der Waals surface area contributed by atoms with Gasteiger partial charge in [-0.2, -0.15) is 0 Å². The van der Waals surface area contributed by atoms with Crippen molar-refractivity contribution in [2.45, 2.75) is 32.2 Å². The van der Waals surface area contributed by atoms with E-state index >= 15 is 0 Å². The van der Waals surface area contributed by atoms with Gasteiger partial charge < -0.3 is 4.48 Å². The van der Waals surface area contributed by atoms with E-state index in [1.807, 2.05) is 0 Å². The van der Waals surface area contributed by atoms with Crippen LogP contribution in [0.1, 0.15) is 26.7 Å². The van der Waals surface area contributed by atoms with E-state index in [1.54, 1.807) is 0 Å². The van der Waals surface area contributed by atoms with Crippen LogP contribution in [0.4, 0.5) is 0 Å². The van der Waals surface area contributed by atoms with E-state index in [2.05, 4.69) is 39.8 Å². The largest absolute Gasteiger partial charge is 0.331 e. The smallest absolute Gasteiger partial charge is 0.0781 e. The van der Waals surface area contributed by atoms with E-state index in [1.165, 1.54) is 13.0 Å². The summed E-state index contributed by atoms with van der Waals surface area (Å²) in [5, 5.41) is 0. The van der Waals surface area contributed by atoms with Gasteiger partial charge in [-0.05, 0) is 38.5 Å². The lowest BCUT2D eigenvalue weighted by atomic mass is 10.00. The zero-order valence-corrected chi connectivity index (χ0v) is 9.70. The first-order valence-electron chi connectivity index (χ1n) is 4.45. The van der Waals surface area contributed by atoms with Crippen LogP contribution in [0.25, 0.3) is 0 Å². The summed E-state index contributed by atoms with van der Waals surface area (Å²) in [7, 11) is 6.63. The summed E-state index contributed by atoms with van der Waals surface area (Å²) in [6.45, 7) is 5.44. The van der Waals surface area contributed by atoms with Crippen molar-refractivity contribution < 1.29 is 4.48 Å². The molecule has 2 nitrogen and oxygen atoms in total. The van der Waals surface area contributed by atoms with Crippen LogP contribution in [0.15, 0.2) is 0 Å². The van der Waals surface area contributed by atoms with Crippen LogP contribution in [-0.2, 0) is 0 Å². The van der Waals surface area contributed by atoms with E-state index in [4.69, 9.17) is 11.8 Å². The second kappa shape index (κ2) is 4.45. The molecule has 0 aliphatic carbocycles. The first kappa shape index (κ1) is 12.2. The average Bonchev–Trinajstić information content (AvgIpc) is 1.84. The summed E-state index contributed by atoms with van der Waals surface area (Å²) in [5.74, 6) is 0. The Morgan fingerprint density at radius 1 is 1.25 bits per heavy atom. The van der Waals surface area contributed by atoms with E-state index in [-0.39, 0.29) is 5.54 Å². The number of quaternary nitrogens is 1. The molecule has 0 spiro atoms. The fraction of sp³-hybridized carbons (Fsp3) is 1.00. The van der Waals surface area contributed by atoms with Gasteiger partial charge in [0.05, 0.1) is 27.7 Å². The number of hydrogen-bond acceptors (Lipinski definition) is 1. The third-order valence-electron chi connectivity index (χ3n) is 1.89. The van der Waals surface area contributed by atoms with Gasteiger partial charge in [0, 0.05) is 5.54 Å². The molecule has 0 aliphatic rings. The highest BCUT2D eigenvalue weighted by atomic mass is 35.5. The molecule has 0 atom stereocenters. The predicted octanol–water partition coefficient (Wildman–Crippen LogP) is 1.99. The number of hydrogen-bond donors (Lipinski definition) is 1. The Bertz CT molecular complexity index is 127. The van der Waals surface area contributed by atoms with Crippen molar-refractivity contribution in [3.05, 3.63) is 0 Å². The Balaban J connectivity index is 3.57. The zero-order chi connectivity index (χ0) is 9.83. The Morgan fingerprint density at radius 3 is 2.08 bits per heavy atom. The summed E-state index contributed by atoms with van der Waals surface area (Å²) in [5.41, 5.74) is 0.0662. The van der Waals surface area contributed by atoms with Crippen molar-refractivity contribution in [2.75, 3.05) is 27.7 Å². The van der Waals surface area contributed by atoms with Crippen LogP contribution in [0.5, 0.6) is 0 Å². The molecule has 0 saturated heterocycles. The van der Waals surface area contributed by atoms with Gasteiger partial charge in [0.15, 0.2) is 0 Å². The molecule has 0 unspecified atom stereocenters. The second-order valence-corrected chi connectivity index (χ2v) is 5.28. The van der Waals surface area contributed by atoms with Gasteiger partial charge in [0.2, 0.25) is 0 Å². The Labute approximate surface area is 81.6 Å². The van der Waals surface area contributed by atoms with Crippen LogP contribution >= 0.6 is 11.8 Å². The van der Waals surface area contributed by atoms with Crippen LogP contribution < -0.4 is 4.84 Å². The maximum Gasteiger partial charge on any atom is 0.0781 e. The Morgan fingerprint density at radius 2 is 1.75 bits per heavy atom. The molecule has 0 rings (SSSR count). The van der Waals surface area contributed by atoms with Gasteiger partial charge >= 0.3 is 0 Å². The molecular weight excluding hydrogens is 172 g/mol. The van der Waals surface area contributed by atoms with Gasteiger partial charge in [-0.25, -0.2) is 4.84 Å². The molecule has 0 aromatic rings. The molecular formula is C9H22ClN2+. The molecule has 0 heterocycles. The quantitative estimate of drug-likeness (QED) is 0.520. The van der Waals surface area contributed by atoms with Crippen molar-refractivity contribution in [3.63, 3.8) is 0 Å².